The Morgan fingerprint density at radius 3 is 2.40 bits per heavy atom. The second kappa shape index (κ2) is 7.94. The fraction of sp³-hybridized carbons (Fsp3) is 0.211. The second-order valence-electron chi connectivity index (χ2n) is 5.84. The molecule has 1 aliphatic rings. The number of hydrazone groups is 1. The highest BCUT2D eigenvalue weighted by molar-refractivity contribution is 6.33. The number of nitrogens with one attached hydrogen (secondary N) is 2. The Kier molecular flexibility index (Phi) is 5.46. The summed E-state index contributed by atoms with van der Waals surface area (Å²) in [6, 6.07) is 16.3. The van der Waals surface area contributed by atoms with Gasteiger partial charge in [0.15, 0.2) is 0 Å². The SMILES string of the molecule is O=C(NC/C(=N/NC(=O)C1CC1)c1ccccc1)c1ccccc1Cl. The summed E-state index contributed by atoms with van der Waals surface area (Å²) < 4.78 is 0. The lowest BCUT2D eigenvalue weighted by Crippen LogP contribution is -2.32. The molecule has 2 aromatic rings. The monoisotopic (exact) mass is 355 g/mol. The number of hydrogen-bond acceptors (Lipinski definition) is 3. The molecular weight excluding hydrogens is 338 g/mol. The smallest absolute Gasteiger partial charge is 0.253 e. The van der Waals surface area contributed by atoms with Gasteiger partial charge in [-0.3, -0.25) is 9.59 Å². The first kappa shape index (κ1) is 17.2. The highest BCUT2D eigenvalue weighted by Crippen LogP contribution is 2.28. The Hall–Kier alpha value is -2.66. The Labute approximate surface area is 151 Å². The topological polar surface area (TPSA) is 70.6 Å². The number of amides is 2. The van der Waals surface area contributed by atoms with E-state index in [0.717, 1.165) is 18.4 Å². The van der Waals surface area contributed by atoms with E-state index in [9.17, 15) is 9.59 Å². The second-order valence-corrected chi connectivity index (χ2v) is 6.24. The molecule has 1 saturated carbocycles. The van der Waals surface area contributed by atoms with E-state index in [4.69, 9.17) is 11.6 Å². The van der Waals surface area contributed by atoms with Crippen LogP contribution < -0.4 is 10.7 Å². The minimum Gasteiger partial charge on any atom is -0.346 e. The first-order chi connectivity index (χ1) is 12.1. The van der Waals surface area contributed by atoms with Crippen molar-refractivity contribution in [3.05, 3.63) is 70.7 Å². The van der Waals surface area contributed by atoms with E-state index in [1.54, 1.807) is 24.3 Å². The molecule has 0 atom stereocenters. The maximum absolute atomic E-state index is 12.3. The molecule has 1 aliphatic carbocycles. The van der Waals surface area contributed by atoms with Crippen LogP contribution in [-0.4, -0.2) is 24.1 Å². The molecule has 0 radical (unpaired) electrons. The van der Waals surface area contributed by atoms with Crippen LogP contribution in [0.4, 0.5) is 0 Å². The zero-order valence-corrected chi connectivity index (χ0v) is 14.3. The molecular formula is C19H18ClN3O2. The van der Waals surface area contributed by atoms with Crippen LogP contribution in [0.1, 0.15) is 28.8 Å². The molecule has 0 aromatic heterocycles. The molecule has 6 heteroatoms. The Balaban J connectivity index is 1.71. The van der Waals surface area contributed by atoms with Crippen molar-refractivity contribution in [3.63, 3.8) is 0 Å². The fourth-order valence-electron chi connectivity index (χ4n) is 2.30. The predicted octanol–water partition coefficient (Wildman–Crippen LogP) is 3.00. The lowest BCUT2D eigenvalue weighted by Gasteiger charge is -2.10. The number of rotatable bonds is 6. The third-order valence-corrected chi connectivity index (χ3v) is 4.22. The summed E-state index contributed by atoms with van der Waals surface area (Å²) in [6.45, 7) is 0.180. The zero-order valence-electron chi connectivity index (χ0n) is 13.5. The van der Waals surface area contributed by atoms with E-state index in [0.29, 0.717) is 16.3 Å². The average Bonchev–Trinajstić information content (AvgIpc) is 3.47. The molecule has 0 unspecified atom stereocenters. The Morgan fingerprint density at radius 2 is 1.72 bits per heavy atom. The maximum Gasteiger partial charge on any atom is 0.253 e. The van der Waals surface area contributed by atoms with Gasteiger partial charge in [0.25, 0.3) is 5.91 Å². The van der Waals surface area contributed by atoms with Crippen molar-refractivity contribution in [3.8, 4) is 0 Å². The molecule has 2 N–H and O–H groups in total. The summed E-state index contributed by atoms with van der Waals surface area (Å²) in [4.78, 5) is 24.1. The van der Waals surface area contributed by atoms with Crippen molar-refractivity contribution >= 4 is 29.1 Å². The van der Waals surface area contributed by atoms with Crippen LogP contribution in [0.15, 0.2) is 59.7 Å². The number of hydrogen-bond donors (Lipinski definition) is 2. The highest BCUT2D eigenvalue weighted by atomic mass is 35.5. The molecule has 0 spiro atoms. The minimum absolute atomic E-state index is 0.0680. The summed E-state index contributed by atoms with van der Waals surface area (Å²) >= 11 is 6.05. The van der Waals surface area contributed by atoms with Gasteiger partial charge >= 0.3 is 0 Å². The molecule has 2 amide bonds. The molecule has 5 nitrogen and oxygen atoms in total. The average molecular weight is 356 g/mol. The van der Waals surface area contributed by atoms with Gasteiger partial charge in [0.1, 0.15) is 0 Å². The van der Waals surface area contributed by atoms with Crippen LogP contribution in [0.5, 0.6) is 0 Å². The van der Waals surface area contributed by atoms with Gasteiger partial charge in [-0.2, -0.15) is 5.10 Å². The van der Waals surface area contributed by atoms with Crippen molar-refractivity contribution in [2.45, 2.75) is 12.8 Å². The van der Waals surface area contributed by atoms with Crippen LogP contribution >= 0.6 is 11.6 Å². The molecule has 0 heterocycles. The molecule has 3 rings (SSSR count). The largest absolute Gasteiger partial charge is 0.346 e. The van der Waals surface area contributed by atoms with Gasteiger partial charge in [-0.25, -0.2) is 5.43 Å². The highest BCUT2D eigenvalue weighted by Gasteiger charge is 2.29. The van der Waals surface area contributed by atoms with Crippen molar-refractivity contribution in [1.82, 2.24) is 10.7 Å². The van der Waals surface area contributed by atoms with Crippen LogP contribution in [-0.2, 0) is 4.79 Å². The molecule has 0 saturated heterocycles. The van der Waals surface area contributed by atoms with Crippen LogP contribution in [0.3, 0.4) is 0 Å². The van der Waals surface area contributed by atoms with Gasteiger partial charge in [0.2, 0.25) is 5.91 Å². The van der Waals surface area contributed by atoms with Gasteiger partial charge in [-0.1, -0.05) is 54.1 Å². The van der Waals surface area contributed by atoms with Gasteiger partial charge in [0, 0.05) is 5.92 Å². The van der Waals surface area contributed by atoms with E-state index in [1.807, 2.05) is 30.3 Å². The van der Waals surface area contributed by atoms with E-state index in [1.165, 1.54) is 0 Å². The first-order valence-corrected chi connectivity index (χ1v) is 8.47. The first-order valence-electron chi connectivity index (χ1n) is 8.09. The molecule has 25 heavy (non-hydrogen) atoms. The molecule has 0 aliphatic heterocycles. The number of halogens is 1. The predicted molar refractivity (Wildman–Crippen MR) is 97.6 cm³/mol. The van der Waals surface area contributed by atoms with Crippen LogP contribution in [0.25, 0.3) is 0 Å². The molecule has 0 bridgehead atoms. The van der Waals surface area contributed by atoms with Gasteiger partial charge in [0.05, 0.1) is 22.8 Å². The van der Waals surface area contributed by atoms with Crippen molar-refractivity contribution < 1.29 is 9.59 Å². The van der Waals surface area contributed by atoms with Crippen molar-refractivity contribution in [2.24, 2.45) is 11.0 Å². The summed E-state index contributed by atoms with van der Waals surface area (Å²) in [5.41, 5.74) is 4.40. The van der Waals surface area contributed by atoms with Crippen LogP contribution in [0, 0.1) is 5.92 Å². The lowest BCUT2D eigenvalue weighted by molar-refractivity contribution is -0.122. The summed E-state index contributed by atoms with van der Waals surface area (Å²) in [6.07, 6.45) is 1.82. The van der Waals surface area contributed by atoms with E-state index in [2.05, 4.69) is 15.8 Å². The lowest BCUT2D eigenvalue weighted by atomic mass is 10.1. The summed E-state index contributed by atoms with van der Waals surface area (Å²) in [5, 5.41) is 7.40. The van der Waals surface area contributed by atoms with Gasteiger partial charge < -0.3 is 5.32 Å². The normalized spacial score (nSPS) is 14.0. The zero-order chi connectivity index (χ0) is 17.6. The standard InChI is InChI=1S/C19H18ClN3O2/c20-16-9-5-4-8-15(16)19(25)21-12-17(13-6-2-1-3-7-13)22-23-18(24)14-10-11-14/h1-9,14H,10-12H2,(H,21,25)(H,23,24)/b22-17-. The minimum atomic E-state index is -0.289. The van der Waals surface area contributed by atoms with E-state index in [-0.39, 0.29) is 24.3 Å². The van der Waals surface area contributed by atoms with Crippen molar-refractivity contribution in [2.75, 3.05) is 6.54 Å². The third-order valence-electron chi connectivity index (χ3n) is 3.89. The fourth-order valence-corrected chi connectivity index (χ4v) is 2.52. The summed E-state index contributed by atoms with van der Waals surface area (Å²) in [7, 11) is 0. The van der Waals surface area contributed by atoms with Crippen LogP contribution in [0.2, 0.25) is 5.02 Å². The molecule has 128 valence electrons. The number of benzene rings is 2. The quantitative estimate of drug-likeness (QED) is 0.617. The molecule has 1 fully saturated rings. The maximum atomic E-state index is 12.3. The summed E-state index contributed by atoms with van der Waals surface area (Å²) in [5.74, 6) is -0.299. The number of carbonyl (C=O) groups excluding carboxylic acids is 2. The molecule has 2 aromatic carbocycles. The third kappa shape index (κ3) is 4.67. The van der Waals surface area contributed by atoms with Crippen molar-refractivity contribution in [1.29, 1.82) is 0 Å². The number of nitrogens with zero attached hydrogens (tertiary/aromatic N) is 1. The van der Waals surface area contributed by atoms with E-state index >= 15 is 0 Å². The van der Waals surface area contributed by atoms with E-state index < -0.39 is 0 Å². The Bertz CT molecular complexity index is 801. The van der Waals surface area contributed by atoms with Gasteiger partial charge in [-0.05, 0) is 30.5 Å². The van der Waals surface area contributed by atoms with Gasteiger partial charge in [-0.15, -0.1) is 0 Å². The Morgan fingerprint density at radius 1 is 1.04 bits per heavy atom. The number of carbonyl (C=O) groups is 2.